The van der Waals surface area contributed by atoms with Gasteiger partial charge in [0.05, 0.1) is 17.9 Å². The lowest BCUT2D eigenvalue weighted by Crippen LogP contribution is -2.13. The minimum Gasteiger partial charge on any atom is -0.494 e. The molecule has 0 bridgehead atoms. The molecule has 6 nitrogen and oxygen atoms in total. The summed E-state index contributed by atoms with van der Waals surface area (Å²) in [5, 5.41) is 2.71. The topological polar surface area (TPSA) is 84.5 Å². The maximum Gasteiger partial charge on any atom is 0.261 e. The smallest absolute Gasteiger partial charge is 0.261 e. The van der Waals surface area contributed by atoms with Crippen LogP contribution in [0.2, 0.25) is 0 Å². The van der Waals surface area contributed by atoms with Gasteiger partial charge in [0.2, 0.25) is 5.91 Å². The lowest BCUT2D eigenvalue weighted by molar-refractivity contribution is -0.115. The van der Waals surface area contributed by atoms with E-state index >= 15 is 0 Å². The van der Waals surface area contributed by atoms with Crippen LogP contribution >= 0.6 is 0 Å². The van der Waals surface area contributed by atoms with Crippen LogP contribution < -0.4 is 14.8 Å². The number of nitrogens with one attached hydrogen (secondary N) is 2. The fraction of sp³-hybridized carbons (Fsp3) is 0.188. The highest BCUT2D eigenvalue weighted by molar-refractivity contribution is 7.92. The van der Waals surface area contributed by atoms with E-state index in [9.17, 15) is 13.2 Å². The van der Waals surface area contributed by atoms with Crippen molar-refractivity contribution >= 4 is 27.3 Å². The van der Waals surface area contributed by atoms with E-state index < -0.39 is 10.0 Å². The summed E-state index contributed by atoms with van der Waals surface area (Å²) in [6.45, 7) is 2.38. The van der Waals surface area contributed by atoms with E-state index in [1.54, 1.807) is 30.3 Å². The van der Waals surface area contributed by atoms with Gasteiger partial charge in [-0.15, -0.1) is 0 Å². The Bertz CT molecular complexity index is 845. The van der Waals surface area contributed by atoms with Gasteiger partial charge in [0, 0.05) is 11.4 Å². The van der Waals surface area contributed by atoms with Crippen molar-refractivity contribution in [3.8, 4) is 5.75 Å². The van der Waals surface area contributed by atoms with Crippen LogP contribution in [0.1, 0.15) is 12.5 Å². The molecule has 120 valence electrons. The Morgan fingerprint density at radius 3 is 2.61 bits per heavy atom. The number of carbonyl (C=O) groups is 1. The third-order valence-electron chi connectivity index (χ3n) is 3.43. The van der Waals surface area contributed by atoms with Crippen molar-refractivity contribution in [3.63, 3.8) is 0 Å². The first-order valence-corrected chi connectivity index (χ1v) is 8.65. The number of amides is 1. The van der Waals surface area contributed by atoms with Crippen LogP contribution in [0.25, 0.3) is 0 Å². The molecule has 2 aromatic rings. The molecule has 1 aliphatic rings. The first kappa shape index (κ1) is 15.4. The Kier molecular flexibility index (Phi) is 3.96. The van der Waals surface area contributed by atoms with Gasteiger partial charge in [0.25, 0.3) is 10.0 Å². The highest BCUT2D eigenvalue weighted by Gasteiger charge is 2.19. The fourth-order valence-corrected chi connectivity index (χ4v) is 3.44. The van der Waals surface area contributed by atoms with Crippen LogP contribution in [0.5, 0.6) is 5.75 Å². The normalized spacial score (nSPS) is 13.3. The number of fused-ring (bicyclic) bond motifs is 1. The summed E-state index contributed by atoms with van der Waals surface area (Å²) in [7, 11) is -3.69. The van der Waals surface area contributed by atoms with E-state index in [-0.39, 0.29) is 17.2 Å². The maximum atomic E-state index is 12.4. The molecule has 23 heavy (non-hydrogen) atoms. The van der Waals surface area contributed by atoms with E-state index in [0.717, 1.165) is 11.3 Å². The highest BCUT2D eigenvalue weighted by atomic mass is 32.2. The highest BCUT2D eigenvalue weighted by Crippen LogP contribution is 2.27. The van der Waals surface area contributed by atoms with Crippen molar-refractivity contribution < 1.29 is 17.9 Å². The Morgan fingerprint density at radius 2 is 1.91 bits per heavy atom. The minimum atomic E-state index is -3.69. The van der Waals surface area contributed by atoms with Crippen molar-refractivity contribution in [2.45, 2.75) is 18.2 Å². The monoisotopic (exact) mass is 332 g/mol. The zero-order valence-corrected chi connectivity index (χ0v) is 13.3. The van der Waals surface area contributed by atoms with E-state index in [1.165, 1.54) is 12.1 Å². The second-order valence-corrected chi connectivity index (χ2v) is 6.79. The van der Waals surface area contributed by atoms with Crippen LogP contribution in [0, 0.1) is 0 Å². The molecule has 2 aromatic carbocycles. The molecule has 3 rings (SSSR count). The number of hydrogen-bond donors (Lipinski definition) is 2. The molecular weight excluding hydrogens is 316 g/mol. The summed E-state index contributed by atoms with van der Waals surface area (Å²) in [4.78, 5) is 11.5. The van der Waals surface area contributed by atoms with Crippen LogP contribution in [-0.4, -0.2) is 20.9 Å². The third-order valence-corrected chi connectivity index (χ3v) is 4.82. The van der Waals surface area contributed by atoms with Crippen LogP contribution in [0.3, 0.4) is 0 Å². The number of carbonyl (C=O) groups excluding carboxylic acids is 1. The standard InChI is InChI=1S/C16H16N2O4S/c1-2-22-13-4-6-14(7-5-13)23(20,21)18-12-3-8-15-11(9-12)10-16(19)17-15/h3-9,18H,2,10H2,1H3,(H,17,19). The summed E-state index contributed by atoms with van der Waals surface area (Å²) < 4.78 is 32.6. The summed E-state index contributed by atoms with van der Waals surface area (Å²) in [5.41, 5.74) is 1.93. The van der Waals surface area contributed by atoms with Crippen molar-refractivity contribution in [1.29, 1.82) is 0 Å². The van der Waals surface area contributed by atoms with Gasteiger partial charge in [-0.3, -0.25) is 9.52 Å². The van der Waals surface area contributed by atoms with Crippen LogP contribution in [-0.2, 0) is 21.2 Å². The van der Waals surface area contributed by atoms with Crippen LogP contribution in [0.15, 0.2) is 47.4 Å². The molecule has 1 amide bonds. The number of hydrogen-bond acceptors (Lipinski definition) is 4. The van der Waals surface area contributed by atoms with Crippen molar-refractivity contribution in [2.24, 2.45) is 0 Å². The largest absolute Gasteiger partial charge is 0.494 e. The zero-order chi connectivity index (χ0) is 16.4. The predicted molar refractivity (Wildman–Crippen MR) is 87.2 cm³/mol. The Morgan fingerprint density at radius 1 is 1.17 bits per heavy atom. The summed E-state index contributed by atoms with van der Waals surface area (Å²) in [5.74, 6) is 0.528. The van der Waals surface area contributed by atoms with E-state index in [4.69, 9.17) is 4.74 Å². The first-order valence-electron chi connectivity index (χ1n) is 7.16. The molecule has 0 aromatic heterocycles. The molecule has 0 fully saturated rings. The van der Waals surface area contributed by atoms with Gasteiger partial charge in [-0.05, 0) is 55.0 Å². The van der Waals surface area contributed by atoms with Gasteiger partial charge in [0.15, 0.2) is 0 Å². The molecule has 0 radical (unpaired) electrons. The lowest BCUT2D eigenvalue weighted by atomic mass is 10.1. The predicted octanol–water partition coefficient (Wildman–Crippen LogP) is 2.38. The summed E-state index contributed by atoms with van der Waals surface area (Å²) >= 11 is 0. The van der Waals surface area contributed by atoms with E-state index in [0.29, 0.717) is 18.0 Å². The molecule has 0 atom stereocenters. The average molecular weight is 332 g/mol. The van der Waals surface area contributed by atoms with Gasteiger partial charge >= 0.3 is 0 Å². The number of anilines is 2. The van der Waals surface area contributed by atoms with Gasteiger partial charge in [0.1, 0.15) is 5.75 Å². The van der Waals surface area contributed by atoms with Gasteiger partial charge in [-0.25, -0.2) is 8.42 Å². The van der Waals surface area contributed by atoms with Crippen molar-refractivity contribution in [3.05, 3.63) is 48.0 Å². The van der Waals surface area contributed by atoms with Gasteiger partial charge in [-0.2, -0.15) is 0 Å². The molecule has 0 spiro atoms. The first-order chi connectivity index (χ1) is 11.0. The quantitative estimate of drug-likeness (QED) is 0.880. The van der Waals surface area contributed by atoms with Crippen molar-refractivity contribution in [2.75, 3.05) is 16.6 Å². The average Bonchev–Trinajstić information content (AvgIpc) is 2.87. The molecule has 7 heteroatoms. The Hall–Kier alpha value is -2.54. The fourth-order valence-electron chi connectivity index (χ4n) is 2.39. The maximum absolute atomic E-state index is 12.4. The molecule has 0 unspecified atom stereocenters. The van der Waals surface area contributed by atoms with Gasteiger partial charge in [-0.1, -0.05) is 0 Å². The second-order valence-electron chi connectivity index (χ2n) is 5.11. The summed E-state index contributed by atoms with van der Waals surface area (Å²) in [6.07, 6.45) is 0.258. The third kappa shape index (κ3) is 3.29. The molecule has 0 saturated heterocycles. The van der Waals surface area contributed by atoms with E-state index in [2.05, 4.69) is 10.0 Å². The molecule has 2 N–H and O–H groups in total. The van der Waals surface area contributed by atoms with Crippen molar-refractivity contribution in [1.82, 2.24) is 0 Å². The molecule has 0 aliphatic carbocycles. The van der Waals surface area contributed by atoms with Crippen LogP contribution in [0.4, 0.5) is 11.4 Å². The Balaban J connectivity index is 1.81. The second kappa shape index (κ2) is 5.92. The molecular formula is C16H16N2O4S. The number of sulfonamides is 1. The molecule has 0 saturated carbocycles. The number of rotatable bonds is 5. The SMILES string of the molecule is CCOc1ccc(S(=O)(=O)Nc2ccc3c(c2)CC(=O)N3)cc1. The Labute approximate surface area is 134 Å². The minimum absolute atomic E-state index is 0.0912. The van der Waals surface area contributed by atoms with E-state index in [1.807, 2.05) is 6.92 Å². The molecule has 1 aliphatic heterocycles. The summed E-state index contributed by atoms with van der Waals surface area (Å²) in [6, 6.07) is 11.2. The number of benzene rings is 2. The molecule has 1 heterocycles. The zero-order valence-electron chi connectivity index (χ0n) is 12.5. The van der Waals surface area contributed by atoms with Gasteiger partial charge < -0.3 is 10.1 Å². The lowest BCUT2D eigenvalue weighted by Gasteiger charge is -2.10. The number of ether oxygens (including phenoxy) is 1.